The highest BCUT2D eigenvalue weighted by Gasteiger charge is 2.07. The molecule has 0 radical (unpaired) electrons. The molecule has 0 aliphatic heterocycles. The number of benzene rings is 2. The van der Waals surface area contributed by atoms with E-state index >= 15 is 0 Å². The molecule has 0 aliphatic carbocycles. The van der Waals surface area contributed by atoms with Crippen molar-refractivity contribution in [3.63, 3.8) is 0 Å². The molecule has 0 unspecified atom stereocenters. The third-order valence-corrected chi connectivity index (χ3v) is 3.19. The molecule has 0 heterocycles. The number of hydrogen-bond donors (Lipinski definition) is 2. The number of methoxy groups -OCH3 is 1. The molecular formula is C18H20N2O4. The second-order valence-corrected chi connectivity index (χ2v) is 4.95. The summed E-state index contributed by atoms with van der Waals surface area (Å²) in [6, 6.07) is 13.7. The highest BCUT2D eigenvalue weighted by Crippen LogP contribution is 2.18. The fraction of sp³-hybridized carbons (Fsp3) is 0.222. The van der Waals surface area contributed by atoms with Crippen molar-refractivity contribution < 1.29 is 19.1 Å². The van der Waals surface area contributed by atoms with Gasteiger partial charge in [0.05, 0.1) is 7.11 Å². The fourth-order valence-electron chi connectivity index (χ4n) is 2.00. The molecule has 0 aromatic heterocycles. The predicted molar refractivity (Wildman–Crippen MR) is 91.6 cm³/mol. The van der Waals surface area contributed by atoms with E-state index < -0.39 is 0 Å². The summed E-state index contributed by atoms with van der Waals surface area (Å²) < 4.78 is 10.5. The van der Waals surface area contributed by atoms with Crippen LogP contribution in [0.25, 0.3) is 0 Å². The van der Waals surface area contributed by atoms with Crippen LogP contribution in [0.1, 0.15) is 17.3 Å². The number of ether oxygens (including phenoxy) is 2. The van der Waals surface area contributed by atoms with Crippen LogP contribution in [0.3, 0.4) is 0 Å². The van der Waals surface area contributed by atoms with Gasteiger partial charge >= 0.3 is 0 Å². The summed E-state index contributed by atoms with van der Waals surface area (Å²) in [6.07, 6.45) is 0. The van der Waals surface area contributed by atoms with E-state index in [4.69, 9.17) is 9.47 Å². The molecule has 0 saturated carbocycles. The van der Waals surface area contributed by atoms with Crippen LogP contribution in [0.5, 0.6) is 11.5 Å². The Labute approximate surface area is 140 Å². The monoisotopic (exact) mass is 328 g/mol. The number of rotatable bonds is 7. The van der Waals surface area contributed by atoms with Gasteiger partial charge in [-0.1, -0.05) is 6.07 Å². The van der Waals surface area contributed by atoms with E-state index in [2.05, 4.69) is 10.6 Å². The van der Waals surface area contributed by atoms with Gasteiger partial charge in [0.2, 0.25) is 0 Å². The minimum atomic E-state index is -0.232. The van der Waals surface area contributed by atoms with Crippen molar-refractivity contribution in [2.24, 2.45) is 0 Å². The largest absolute Gasteiger partial charge is 0.497 e. The number of carbonyl (C=O) groups is 2. The summed E-state index contributed by atoms with van der Waals surface area (Å²) in [5, 5.41) is 5.44. The summed E-state index contributed by atoms with van der Waals surface area (Å²) in [7, 11) is 1.55. The SMILES string of the molecule is CCNC(=O)COc1ccc(NC(=O)c2cccc(OC)c2)cc1. The average Bonchev–Trinajstić information content (AvgIpc) is 2.61. The molecule has 0 aliphatic rings. The van der Waals surface area contributed by atoms with Crippen molar-refractivity contribution in [3.05, 3.63) is 54.1 Å². The lowest BCUT2D eigenvalue weighted by atomic mass is 10.2. The Morgan fingerprint density at radius 3 is 2.46 bits per heavy atom. The molecule has 2 N–H and O–H groups in total. The van der Waals surface area contributed by atoms with E-state index in [-0.39, 0.29) is 18.4 Å². The van der Waals surface area contributed by atoms with Crippen molar-refractivity contribution in [2.75, 3.05) is 25.6 Å². The molecule has 24 heavy (non-hydrogen) atoms. The van der Waals surface area contributed by atoms with Gasteiger partial charge in [0.25, 0.3) is 11.8 Å². The number of carbonyl (C=O) groups excluding carboxylic acids is 2. The smallest absolute Gasteiger partial charge is 0.257 e. The average molecular weight is 328 g/mol. The molecule has 6 nitrogen and oxygen atoms in total. The van der Waals surface area contributed by atoms with Gasteiger partial charge in [-0.05, 0) is 49.4 Å². The predicted octanol–water partition coefficient (Wildman–Crippen LogP) is 2.46. The van der Waals surface area contributed by atoms with Crippen LogP contribution < -0.4 is 20.1 Å². The second kappa shape index (κ2) is 8.57. The molecule has 0 fully saturated rings. The first-order valence-corrected chi connectivity index (χ1v) is 7.57. The summed E-state index contributed by atoms with van der Waals surface area (Å²) in [5.41, 5.74) is 1.14. The zero-order valence-corrected chi connectivity index (χ0v) is 13.7. The van der Waals surface area contributed by atoms with Crippen LogP contribution in [0.15, 0.2) is 48.5 Å². The molecule has 126 valence electrons. The first-order chi connectivity index (χ1) is 11.6. The van der Waals surface area contributed by atoms with Gasteiger partial charge in [-0.3, -0.25) is 9.59 Å². The molecule has 0 atom stereocenters. The van der Waals surface area contributed by atoms with Gasteiger partial charge in [-0.15, -0.1) is 0 Å². The van der Waals surface area contributed by atoms with Crippen molar-refractivity contribution >= 4 is 17.5 Å². The Kier molecular flexibility index (Phi) is 6.19. The van der Waals surface area contributed by atoms with Crippen molar-refractivity contribution in [1.82, 2.24) is 5.32 Å². The first-order valence-electron chi connectivity index (χ1n) is 7.57. The zero-order chi connectivity index (χ0) is 17.4. The van der Waals surface area contributed by atoms with Crippen LogP contribution in [0, 0.1) is 0 Å². The lowest BCUT2D eigenvalue weighted by Crippen LogP contribution is -2.28. The molecule has 2 amide bonds. The lowest BCUT2D eigenvalue weighted by Gasteiger charge is -2.09. The van der Waals surface area contributed by atoms with E-state index in [1.165, 1.54) is 0 Å². The lowest BCUT2D eigenvalue weighted by molar-refractivity contribution is -0.122. The molecule has 0 saturated heterocycles. The molecule has 2 rings (SSSR count). The molecule has 0 spiro atoms. The Bertz CT molecular complexity index is 698. The number of nitrogens with one attached hydrogen (secondary N) is 2. The minimum Gasteiger partial charge on any atom is -0.497 e. The maximum atomic E-state index is 12.2. The van der Waals surface area contributed by atoms with Gasteiger partial charge in [-0.2, -0.15) is 0 Å². The number of anilines is 1. The van der Waals surface area contributed by atoms with E-state index in [0.29, 0.717) is 29.3 Å². The summed E-state index contributed by atoms with van der Waals surface area (Å²) in [4.78, 5) is 23.5. The highest BCUT2D eigenvalue weighted by molar-refractivity contribution is 6.04. The van der Waals surface area contributed by atoms with E-state index in [0.717, 1.165) is 0 Å². The van der Waals surface area contributed by atoms with Crippen LogP contribution >= 0.6 is 0 Å². The highest BCUT2D eigenvalue weighted by atomic mass is 16.5. The van der Waals surface area contributed by atoms with Crippen molar-refractivity contribution in [2.45, 2.75) is 6.92 Å². The second-order valence-electron chi connectivity index (χ2n) is 4.95. The van der Waals surface area contributed by atoms with Crippen molar-refractivity contribution in [1.29, 1.82) is 0 Å². The van der Waals surface area contributed by atoms with Gasteiger partial charge in [0, 0.05) is 17.8 Å². The van der Waals surface area contributed by atoms with Gasteiger partial charge in [-0.25, -0.2) is 0 Å². The topological polar surface area (TPSA) is 76.7 Å². The van der Waals surface area contributed by atoms with Gasteiger partial charge in [0.15, 0.2) is 6.61 Å². The van der Waals surface area contributed by atoms with E-state index in [1.54, 1.807) is 55.6 Å². The van der Waals surface area contributed by atoms with Crippen LogP contribution in [-0.4, -0.2) is 32.1 Å². The minimum absolute atomic E-state index is 0.0383. The number of amides is 2. The summed E-state index contributed by atoms with van der Waals surface area (Å²) >= 11 is 0. The maximum Gasteiger partial charge on any atom is 0.257 e. The van der Waals surface area contributed by atoms with Crippen LogP contribution in [-0.2, 0) is 4.79 Å². The molecule has 2 aromatic rings. The third kappa shape index (κ3) is 5.01. The van der Waals surface area contributed by atoms with E-state index in [9.17, 15) is 9.59 Å². The first kappa shape index (κ1) is 17.3. The quantitative estimate of drug-likeness (QED) is 0.818. The van der Waals surface area contributed by atoms with Crippen LogP contribution in [0.4, 0.5) is 5.69 Å². The Morgan fingerprint density at radius 1 is 1.04 bits per heavy atom. The maximum absolute atomic E-state index is 12.2. The van der Waals surface area contributed by atoms with Gasteiger partial charge < -0.3 is 20.1 Å². The third-order valence-electron chi connectivity index (χ3n) is 3.19. The molecule has 6 heteroatoms. The Hall–Kier alpha value is -3.02. The van der Waals surface area contributed by atoms with E-state index in [1.807, 2.05) is 6.92 Å². The van der Waals surface area contributed by atoms with Crippen LogP contribution in [0.2, 0.25) is 0 Å². The number of hydrogen-bond acceptors (Lipinski definition) is 4. The van der Waals surface area contributed by atoms with Gasteiger partial charge in [0.1, 0.15) is 11.5 Å². The zero-order valence-electron chi connectivity index (χ0n) is 13.7. The fourth-order valence-corrected chi connectivity index (χ4v) is 2.00. The summed E-state index contributed by atoms with van der Waals surface area (Å²) in [5.74, 6) is 0.773. The molecule has 0 bridgehead atoms. The molecule has 2 aromatic carbocycles. The van der Waals surface area contributed by atoms with Crippen molar-refractivity contribution in [3.8, 4) is 11.5 Å². The Balaban J connectivity index is 1.93. The Morgan fingerprint density at radius 2 is 1.79 bits per heavy atom. The molecular weight excluding hydrogens is 308 g/mol. The normalized spacial score (nSPS) is 9.92. The standard InChI is InChI=1S/C18H20N2O4/c1-3-19-17(21)12-24-15-9-7-14(8-10-15)20-18(22)13-5-4-6-16(11-13)23-2/h4-11H,3,12H2,1-2H3,(H,19,21)(H,20,22). The number of likely N-dealkylation sites (N-methyl/N-ethyl adjacent to an activating group) is 1. The summed E-state index contributed by atoms with van der Waals surface area (Å²) in [6.45, 7) is 2.37.